The molecule has 6 atom stereocenters. The summed E-state index contributed by atoms with van der Waals surface area (Å²) in [6.45, 7) is 5.02. The topological polar surface area (TPSA) is 9.23 Å². The molecule has 0 aromatic rings. The molecule has 0 heterocycles. The van der Waals surface area contributed by atoms with Crippen molar-refractivity contribution < 1.29 is 4.74 Å². The monoisotopic (exact) mass is 284 g/mol. The first kappa shape index (κ1) is 13.7. The fraction of sp³-hybridized carbons (Fsp3) is 0.700. The van der Waals surface area contributed by atoms with Crippen LogP contribution in [0.4, 0.5) is 0 Å². The lowest BCUT2D eigenvalue weighted by atomic mass is 9.47. The first-order valence-corrected chi connectivity index (χ1v) is 8.69. The minimum Gasteiger partial charge on any atom is -0.497 e. The van der Waals surface area contributed by atoms with Crippen LogP contribution in [0.25, 0.3) is 0 Å². The molecule has 4 aliphatic carbocycles. The second kappa shape index (κ2) is 4.51. The summed E-state index contributed by atoms with van der Waals surface area (Å²) in [6, 6.07) is 0. The lowest BCUT2D eigenvalue weighted by Gasteiger charge is -2.57. The first-order chi connectivity index (χ1) is 10.1. The van der Waals surface area contributed by atoms with Crippen molar-refractivity contribution in [2.24, 2.45) is 34.5 Å². The highest BCUT2D eigenvalue weighted by Gasteiger charge is 2.55. The summed E-state index contributed by atoms with van der Waals surface area (Å²) >= 11 is 0. The average Bonchev–Trinajstić information content (AvgIpc) is 2.88. The van der Waals surface area contributed by atoms with Gasteiger partial charge in [0.05, 0.1) is 7.11 Å². The van der Waals surface area contributed by atoms with E-state index in [-0.39, 0.29) is 0 Å². The van der Waals surface area contributed by atoms with E-state index in [4.69, 9.17) is 4.74 Å². The third-order valence-corrected chi connectivity index (χ3v) is 7.38. The smallest absolute Gasteiger partial charge is 0.114 e. The van der Waals surface area contributed by atoms with E-state index in [0.29, 0.717) is 16.7 Å². The third kappa shape index (κ3) is 1.82. The Bertz CT molecular complexity index is 528. The second-order valence-electron chi connectivity index (χ2n) is 8.22. The highest BCUT2D eigenvalue weighted by molar-refractivity contribution is 5.28. The summed E-state index contributed by atoms with van der Waals surface area (Å²) in [5.41, 5.74) is 0.852. The van der Waals surface area contributed by atoms with Crippen molar-refractivity contribution in [1.82, 2.24) is 0 Å². The van der Waals surface area contributed by atoms with Gasteiger partial charge in [-0.05, 0) is 78.8 Å². The molecule has 0 saturated heterocycles. The van der Waals surface area contributed by atoms with Gasteiger partial charge in [0.25, 0.3) is 0 Å². The van der Waals surface area contributed by atoms with Gasteiger partial charge in [0.15, 0.2) is 0 Å². The van der Waals surface area contributed by atoms with Gasteiger partial charge in [0, 0.05) is 0 Å². The van der Waals surface area contributed by atoms with E-state index < -0.39 is 0 Å². The third-order valence-electron chi connectivity index (χ3n) is 7.38. The van der Waals surface area contributed by atoms with Crippen LogP contribution in [0.15, 0.2) is 36.1 Å². The summed E-state index contributed by atoms with van der Waals surface area (Å²) in [5.74, 6) is 4.43. The van der Waals surface area contributed by atoms with Crippen molar-refractivity contribution in [1.29, 1.82) is 0 Å². The van der Waals surface area contributed by atoms with Crippen molar-refractivity contribution in [3.63, 3.8) is 0 Å². The molecule has 1 unspecified atom stereocenters. The fourth-order valence-corrected chi connectivity index (χ4v) is 6.06. The van der Waals surface area contributed by atoms with Crippen LogP contribution >= 0.6 is 0 Å². The molecule has 0 spiro atoms. The van der Waals surface area contributed by atoms with Gasteiger partial charge in [-0.15, -0.1) is 0 Å². The Morgan fingerprint density at radius 3 is 2.76 bits per heavy atom. The van der Waals surface area contributed by atoms with Crippen LogP contribution in [0.1, 0.15) is 46.0 Å². The predicted molar refractivity (Wildman–Crippen MR) is 86.6 cm³/mol. The molecular weight excluding hydrogens is 256 g/mol. The quantitative estimate of drug-likeness (QED) is 0.608. The van der Waals surface area contributed by atoms with Crippen LogP contribution < -0.4 is 0 Å². The van der Waals surface area contributed by atoms with Crippen molar-refractivity contribution in [3.8, 4) is 0 Å². The van der Waals surface area contributed by atoms with E-state index in [1.54, 1.807) is 7.11 Å². The Balaban J connectivity index is 1.66. The minimum atomic E-state index is 0.356. The molecule has 2 saturated carbocycles. The van der Waals surface area contributed by atoms with Crippen molar-refractivity contribution >= 4 is 0 Å². The maximum Gasteiger partial charge on any atom is 0.114 e. The zero-order valence-corrected chi connectivity index (χ0v) is 13.6. The van der Waals surface area contributed by atoms with E-state index in [9.17, 15) is 0 Å². The van der Waals surface area contributed by atoms with Crippen LogP contribution in [0.2, 0.25) is 0 Å². The maximum atomic E-state index is 5.47. The molecule has 0 aliphatic heterocycles. The van der Waals surface area contributed by atoms with E-state index in [0.717, 1.165) is 23.5 Å². The van der Waals surface area contributed by atoms with Crippen LogP contribution in [0.5, 0.6) is 0 Å². The molecule has 0 aromatic heterocycles. The summed E-state index contributed by atoms with van der Waals surface area (Å²) < 4.78 is 5.47. The second-order valence-corrected chi connectivity index (χ2v) is 8.22. The number of methoxy groups -OCH3 is 1. The van der Waals surface area contributed by atoms with Gasteiger partial charge >= 0.3 is 0 Å². The summed E-state index contributed by atoms with van der Waals surface area (Å²) in [7, 11) is 1.79. The van der Waals surface area contributed by atoms with Crippen molar-refractivity contribution in [3.05, 3.63) is 36.1 Å². The highest BCUT2D eigenvalue weighted by Crippen LogP contribution is 2.63. The first-order valence-electron chi connectivity index (χ1n) is 8.69. The Labute approximate surface area is 129 Å². The number of hydrogen-bond acceptors (Lipinski definition) is 1. The maximum absolute atomic E-state index is 5.47. The van der Waals surface area contributed by atoms with Gasteiger partial charge in [-0.3, -0.25) is 0 Å². The lowest BCUT2D eigenvalue weighted by Crippen LogP contribution is -2.50. The van der Waals surface area contributed by atoms with Gasteiger partial charge in [-0.2, -0.15) is 0 Å². The predicted octanol–water partition coefficient (Wildman–Crippen LogP) is 5.11. The van der Waals surface area contributed by atoms with Crippen molar-refractivity contribution in [2.45, 2.75) is 46.0 Å². The van der Waals surface area contributed by atoms with Crippen LogP contribution in [0.3, 0.4) is 0 Å². The molecule has 2 fully saturated rings. The average molecular weight is 284 g/mol. The van der Waals surface area contributed by atoms with E-state index in [1.807, 2.05) is 0 Å². The fourth-order valence-electron chi connectivity index (χ4n) is 6.06. The van der Waals surface area contributed by atoms with Crippen molar-refractivity contribution in [2.75, 3.05) is 7.11 Å². The molecule has 0 N–H and O–H groups in total. The molecule has 1 heteroatoms. The number of ether oxygens (including phenoxy) is 1. The Morgan fingerprint density at radius 1 is 1.10 bits per heavy atom. The molecule has 21 heavy (non-hydrogen) atoms. The van der Waals surface area contributed by atoms with Gasteiger partial charge in [-0.25, -0.2) is 0 Å². The number of rotatable bonds is 1. The standard InChI is InChI=1S/C20H28O/c1-19-10-4-5-17(19)16-7-6-14-13-15(21-3)8-12-20(14,2)18(16)9-11-19/h4,8,10,12-14,16-18H,5-7,9,11H2,1-3H3/t14?,16-,17-,18-,19-,20-/m0/s1. The van der Waals surface area contributed by atoms with Crippen LogP contribution in [0, 0.1) is 34.5 Å². The Morgan fingerprint density at radius 2 is 1.95 bits per heavy atom. The zero-order valence-electron chi connectivity index (χ0n) is 13.6. The SMILES string of the molecule is COC1=CC2CC[C@H]3[C@@H]4CC=C[C@@]4(C)CC[C@@H]3[C@@]2(C)C=C1. The van der Waals surface area contributed by atoms with Gasteiger partial charge < -0.3 is 4.74 Å². The molecule has 0 bridgehead atoms. The van der Waals surface area contributed by atoms with Crippen LogP contribution in [-0.4, -0.2) is 7.11 Å². The van der Waals surface area contributed by atoms with E-state index in [2.05, 4.69) is 44.2 Å². The number of hydrogen-bond donors (Lipinski definition) is 0. The molecule has 114 valence electrons. The van der Waals surface area contributed by atoms with E-state index in [1.165, 1.54) is 32.1 Å². The summed E-state index contributed by atoms with van der Waals surface area (Å²) in [6.07, 6.45) is 18.9. The largest absolute Gasteiger partial charge is 0.497 e. The molecule has 4 rings (SSSR count). The number of fused-ring (bicyclic) bond motifs is 5. The van der Waals surface area contributed by atoms with Gasteiger partial charge in [0.1, 0.15) is 5.76 Å². The van der Waals surface area contributed by atoms with Gasteiger partial charge in [-0.1, -0.05) is 32.1 Å². The molecule has 0 radical (unpaired) electrons. The Kier molecular flexibility index (Phi) is 2.93. The summed E-state index contributed by atoms with van der Waals surface area (Å²) in [4.78, 5) is 0. The molecular formula is C20H28O. The minimum absolute atomic E-state index is 0.356. The Hall–Kier alpha value is -0.980. The van der Waals surface area contributed by atoms with Crippen LogP contribution in [-0.2, 0) is 4.74 Å². The number of allylic oxidation sites excluding steroid dienone is 5. The molecule has 0 aromatic carbocycles. The van der Waals surface area contributed by atoms with Gasteiger partial charge in [0.2, 0.25) is 0 Å². The normalized spacial score (nSPS) is 50.9. The zero-order chi connectivity index (χ0) is 14.7. The molecule has 4 aliphatic rings. The lowest BCUT2D eigenvalue weighted by molar-refractivity contribution is -0.0455. The highest BCUT2D eigenvalue weighted by atomic mass is 16.5. The molecule has 0 amide bonds. The summed E-state index contributed by atoms with van der Waals surface area (Å²) in [5, 5.41) is 0. The molecule has 1 nitrogen and oxygen atoms in total. The van der Waals surface area contributed by atoms with E-state index >= 15 is 0 Å².